The lowest BCUT2D eigenvalue weighted by Crippen LogP contribution is -2.62. The number of hydrogen-bond donors (Lipinski definition) is 2. The summed E-state index contributed by atoms with van der Waals surface area (Å²) in [4.78, 5) is 23.2. The molecule has 0 bridgehead atoms. The van der Waals surface area contributed by atoms with E-state index in [1.54, 1.807) is 0 Å². The monoisotopic (exact) mass is 504 g/mol. The van der Waals surface area contributed by atoms with Crippen molar-refractivity contribution >= 4 is 34.8 Å². The Balaban J connectivity index is 1.59. The molecule has 2 aromatic rings. The number of halogens is 6. The van der Waals surface area contributed by atoms with Gasteiger partial charge in [-0.3, -0.25) is 4.79 Å². The number of anilines is 3. The van der Waals surface area contributed by atoms with Gasteiger partial charge in [-0.05, 0) is 37.5 Å². The molecule has 0 spiro atoms. The van der Waals surface area contributed by atoms with Gasteiger partial charge in [-0.25, -0.2) is 14.4 Å². The van der Waals surface area contributed by atoms with Crippen molar-refractivity contribution in [1.29, 1.82) is 0 Å². The summed E-state index contributed by atoms with van der Waals surface area (Å²) < 4.78 is 70.0. The average molecular weight is 505 g/mol. The van der Waals surface area contributed by atoms with Crippen molar-refractivity contribution in [3.05, 3.63) is 41.2 Å². The number of likely N-dealkylation sites (tertiary alicyclic amines) is 1. The maximum Gasteiger partial charge on any atom is 0.393 e. The second-order valence-corrected chi connectivity index (χ2v) is 8.81. The van der Waals surface area contributed by atoms with E-state index in [0.29, 0.717) is 12.8 Å². The number of hydrogen-bond acceptors (Lipinski definition) is 6. The summed E-state index contributed by atoms with van der Waals surface area (Å²) >= 11 is 5.87. The largest absolute Gasteiger partial charge is 0.393 e. The Kier molecular flexibility index (Phi) is 6.70. The molecule has 1 amide bonds. The predicted octanol–water partition coefficient (Wildman–Crippen LogP) is 3.85. The molecule has 7 nitrogen and oxygen atoms in total. The second kappa shape index (κ2) is 9.40. The molecule has 1 aromatic carbocycles. The van der Waals surface area contributed by atoms with Crippen LogP contribution in [0.15, 0.2) is 24.5 Å². The van der Waals surface area contributed by atoms with Crippen molar-refractivity contribution in [2.24, 2.45) is 5.92 Å². The number of amides is 1. The molecular formula is C21H22ClF5N6O. The van der Waals surface area contributed by atoms with Crippen LogP contribution in [-0.2, 0) is 4.79 Å². The van der Waals surface area contributed by atoms with Gasteiger partial charge < -0.3 is 20.9 Å². The molecule has 3 atom stereocenters. The highest BCUT2D eigenvalue weighted by molar-refractivity contribution is 6.30. The molecule has 3 heterocycles. The van der Waals surface area contributed by atoms with Crippen molar-refractivity contribution in [1.82, 2.24) is 14.9 Å². The van der Waals surface area contributed by atoms with Crippen LogP contribution < -0.4 is 16.0 Å². The smallest absolute Gasteiger partial charge is 0.381 e. The maximum absolute atomic E-state index is 14.5. The molecule has 2 saturated heterocycles. The lowest BCUT2D eigenvalue weighted by atomic mass is 9.87. The summed E-state index contributed by atoms with van der Waals surface area (Å²) in [6, 6.07) is 1.56. The molecule has 2 aliphatic heterocycles. The Hall–Kier alpha value is -2.89. The number of nitrogen functional groups attached to an aromatic ring is 1. The number of rotatable bonds is 4. The van der Waals surface area contributed by atoms with Gasteiger partial charge >= 0.3 is 6.18 Å². The van der Waals surface area contributed by atoms with E-state index < -0.39 is 47.5 Å². The van der Waals surface area contributed by atoms with Crippen molar-refractivity contribution in [2.45, 2.75) is 37.5 Å². The number of benzene rings is 1. The standard InChI is InChI=1S/C21H22ClF5N6O/c22-11-6-12(23)8-13(7-11)31-15-2-1-4-33(20(15)34)16-9-32(5-3-14(16)21(25,26)27)19-17(24)18(28)29-10-30-19/h6-8,10,14-16,31H,1-5,9H2,(H2,28,29,30). The first-order valence-corrected chi connectivity index (χ1v) is 11.0. The number of alkyl halides is 3. The van der Waals surface area contributed by atoms with Crippen LogP contribution in [0.25, 0.3) is 0 Å². The van der Waals surface area contributed by atoms with E-state index in [1.807, 2.05) is 0 Å². The van der Waals surface area contributed by atoms with Crippen LogP contribution in [-0.4, -0.2) is 58.7 Å². The molecule has 13 heteroatoms. The van der Waals surface area contributed by atoms with E-state index in [1.165, 1.54) is 15.9 Å². The minimum Gasteiger partial charge on any atom is -0.381 e. The van der Waals surface area contributed by atoms with Gasteiger partial charge in [0, 0.05) is 30.3 Å². The lowest BCUT2D eigenvalue weighted by molar-refractivity contribution is -0.197. The van der Waals surface area contributed by atoms with Gasteiger partial charge in [-0.2, -0.15) is 17.6 Å². The molecule has 184 valence electrons. The molecular weight excluding hydrogens is 483 g/mol. The molecule has 2 fully saturated rings. The molecule has 34 heavy (non-hydrogen) atoms. The van der Waals surface area contributed by atoms with Crippen LogP contribution in [0.3, 0.4) is 0 Å². The fourth-order valence-corrected chi connectivity index (χ4v) is 4.84. The van der Waals surface area contributed by atoms with Gasteiger partial charge in [0.1, 0.15) is 18.2 Å². The minimum absolute atomic E-state index is 0.112. The first-order chi connectivity index (χ1) is 16.0. The molecule has 2 aliphatic rings. The maximum atomic E-state index is 14.5. The van der Waals surface area contributed by atoms with E-state index in [-0.39, 0.29) is 42.6 Å². The summed E-state index contributed by atoms with van der Waals surface area (Å²) in [7, 11) is 0. The highest BCUT2D eigenvalue weighted by atomic mass is 35.5. The van der Waals surface area contributed by atoms with Crippen molar-refractivity contribution < 1.29 is 26.7 Å². The number of nitrogens with zero attached hydrogens (tertiary/aromatic N) is 4. The van der Waals surface area contributed by atoms with Crippen molar-refractivity contribution in [3.8, 4) is 0 Å². The van der Waals surface area contributed by atoms with Gasteiger partial charge in [-0.1, -0.05) is 11.6 Å². The van der Waals surface area contributed by atoms with Gasteiger partial charge in [0.05, 0.1) is 12.0 Å². The van der Waals surface area contributed by atoms with Crippen molar-refractivity contribution in [3.63, 3.8) is 0 Å². The minimum atomic E-state index is -4.56. The van der Waals surface area contributed by atoms with E-state index in [2.05, 4.69) is 15.3 Å². The molecule has 0 aliphatic carbocycles. The van der Waals surface area contributed by atoms with Crippen LogP contribution in [0.5, 0.6) is 0 Å². The van der Waals surface area contributed by atoms with Gasteiger partial charge in [-0.15, -0.1) is 0 Å². The van der Waals surface area contributed by atoms with Crippen LogP contribution in [0.2, 0.25) is 5.02 Å². The van der Waals surface area contributed by atoms with Crippen LogP contribution in [0, 0.1) is 17.6 Å². The van der Waals surface area contributed by atoms with E-state index >= 15 is 0 Å². The Morgan fingerprint density at radius 2 is 1.88 bits per heavy atom. The third-order valence-corrected chi connectivity index (χ3v) is 6.39. The predicted molar refractivity (Wildman–Crippen MR) is 116 cm³/mol. The second-order valence-electron chi connectivity index (χ2n) is 8.38. The molecule has 0 saturated carbocycles. The number of nitrogens with one attached hydrogen (secondary N) is 1. The van der Waals surface area contributed by atoms with E-state index in [4.69, 9.17) is 17.3 Å². The Bertz CT molecular complexity index is 1050. The highest BCUT2D eigenvalue weighted by Gasteiger charge is 2.51. The Labute approximate surface area is 197 Å². The molecule has 1 aromatic heterocycles. The zero-order valence-corrected chi connectivity index (χ0v) is 18.6. The third-order valence-electron chi connectivity index (χ3n) is 6.18. The zero-order valence-electron chi connectivity index (χ0n) is 17.8. The van der Waals surface area contributed by atoms with Crippen LogP contribution in [0.4, 0.5) is 39.3 Å². The van der Waals surface area contributed by atoms with Crippen molar-refractivity contribution in [2.75, 3.05) is 35.6 Å². The third kappa shape index (κ3) is 4.96. The topological polar surface area (TPSA) is 87.4 Å². The quantitative estimate of drug-likeness (QED) is 0.615. The lowest BCUT2D eigenvalue weighted by Gasteiger charge is -2.47. The molecule has 3 unspecified atom stereocenters. The molecule has 3 N–H and O–H groups in total. The number of carbonyl (C=O) groups excluding carboxylic acids is 1. The van der Waals surface area contributed by atoms with Gasteiger partial charge in [0.25, 0.3) is 0 Å². The highest BCUT2D eigenvalue weighted by Crippen LogP contribution is 2.39. The fourth-order valence-electron chi connectivity index (χ4n) is 4.62. The zero-order chi connectivity index (χ0) is 24.6. The summed E-state index contributed by atoms with van der Waals surface area (Å²) in [6.45, 7) is -0.276. The van der Waals surface area contributed by atoms with Gasteiger partial charge in [0.15, 0.2) is 11.6 Å². The normalized spacial score (nSPS) is 23.8. The molecule has 0 radical (unpaired) electrons. The Morgan fingerprint density at radius 1 is 1.12 bits per heavy atom. The SMILES string of the molecule is Nc1ncnc(N2CCC(C(F)(F)F)C(N3CCCC(Nc4cc(F)cc(Cl)c4)C3=O)C2)c1F. The van der Waals surface area contributed by atoms with Crippen LogP contribution in [0.1, 0.15) is 19.3 Å². The average Bonchev–Trinajstić information content (AvgIpc) is 2.75. The number of aromatic nitrogens is 2. The summed E-state index contributed by atoms with van der Waals surface area (Å²) in [5, 5.41) is 3.01. The summed E-state index contributed by atoms with van der Waals surface area (Å²) in [5.74, 6) is -4.48. The van der Waals surface area contributed by atoms with E-state index in [0.717, 1.165) is 18.5 Å². The van der Waals surface area contributed by atoms with Gasteiger partial charge in [0.2, 0.25) is 11.7 Å². The van der Waals surface area contributed by atoms with Crippen LogP contribution >= 0.6 is 11.6 Å². The fraction of sp³-hybridized carbons (Fsp3) is 0.476. The number of nitrogens with two attached hydrogens (primary N) is 1. The first-order valence-electron chi connectivity index (χ1n) is 10.7. The first kappa shape index (κ1) is 24.2. The molecule has 4 rings (SSSR count). The van der Waals surface area contributed by atoms with E-state index in [9.17, 15) is 26.7 Å². The summed E-state index contributed by atoms with van der Waals surface area (Å²) in [6.07, 6.45) is -3.08. The number of carbonyl (C=O) groups is 1. The Morgan fingerprint density at radius 3 is 2.59 bits per heavy atom. The number of piperidine rings is 2. The summed E-state index contributed by atoms with van der Waals surface area (Å²) in [5.41, 5.74) is 5.75.